The number of hydrogen-bond donors (Lipinski definition) is 1. The molecule has 0 saturated carbocycles. The lowest BCUT2D eigenvalue weighted by molar-refractivity contribution is 0.577. The van der Waals surface area contributed by atoms with Crippen molar-refractivity contribution < 1.29 is 8.78 Å². The molecule has 0 aliphatic carbocycles. The van der Waals surface area contributed by atoms with Gasteiger partial charge in [-0.15, -0.1) is 0 Å². The summed E-state index contributed by atoms with van der Waals surface area (Å²) in [5.74, 6) is -0.846. The second kappa shape index (κ2) is 7.20. The molecule has 1 nitrogen and oxygen atoms in total. The van der Waals surface area contributed by atoms with Gasteiger partial charge in [0, 0.05) is 15.9 Å². The lowest BCUT2D eigenvalue weighted by Crippen LogP contribution is -2.11. The maximum Gasteiger partial charge on any atom is 0.137 e. The molecule has 106 valence electrons. The number of hydrogen-bond acceptors (Lipinski definition) is 2. The van der Waals surface area contributed by atoms with E-state index in [1.807, 2.05) is 25.1 Å². The molecule has 2 aromatic carbocycles. The molecule has 0 atom stereocenters. The highest BCUT2D eigenvalue weighted by Gasteiger charge is 2.08. The fourth-order valence-corrected chi connectivity index (χ4v) is 3.25. The van der Waals surface area contributed by atoms with E-state index >= 15 is 0 Å². The van der Waals surface area contributed by atoms with E-state index in [1.54, 1.807) is 0 Å². The minimum atomic E-state index is -0.434. The van der Waals surface area contributed by atoms with E-state index in [4.69, 9.17) is 0 Å². The summed E-state index contributed by atoms with van der Waals surface area (Å²) in [5.41, 5.74) is 1.14. The summed E-state index contributed by atoms with van der Waals surface area (Å²) in [6.07, 6.45) is 0. The first-order chi connectivity index (χ1) is 9.60. The molecule has 0 saturated heterocycles. The summed E-state index contributed by atoms with van der Waals surface area (Å²) < 4.78 is 27.7. The first kappa shape index (κ1) is 15.5. The Balaban J connectivity index is 2.17. The summed E-state index contributed by atoms with van der Waals surface area (Å²) in [4.78, 5) is 1.15. The van der Waals surface area contributed by atoms with Crippen LogP contribution in [0.15, 0.2) is 50.7 Å². The summed E-state index contributed by atoms with van der Waals surface area (Å²) in [5, 5.41) is 3.24. The van der Waals surface area contributed by atoms with Crippen LogP contribution >= 0.6 is 27.7 Å². The first-order valence-corrected chi connectivity index (χ1v) is 7.83. The van der Waals surface area contributed by atoms with Crippen LogP contribution < -0.4 is 5.32 Å². The SMILES string of the molecule is CCNCc1ccc(Sc2cc(F)ccc2F)cc1Br. The largest absolute Gasteiger partial charge is 0.313 e. The molecular weight excluding hydrogens is 344 g/mol. The third-order valence-corrected chi connectivity index (χ3v) is 4.47. The lowest BCUT2D eigenvalue weighted by Gasteiger charge is -2.08. The standard InChI is InChI=1S/C15H14BrF2NS/c1-2-19-9-10-3-5-12(8-13(10)16)20-15-7-11(17)4-6-14(15)18/h3-8,19H,2,9H2,1H3. The van der Waals surface area contributed by atoms with Gasteiger partial charge in [-0.25, -0.2) is 8.78 Å². The smallest absolute Gasteiger partial charge is 0.137 e. The normalized spacial score (nSPS) is 10.8. The monoisotopic (exact) mass is 357 g/mol. The number of rotatable bonds is 5. The Hall–Kier alpha value is -0.910. The molecule has 20 heavy (non-hydrogen) atoms. The van der Waals surface area contributed by atoms with E-state index in [0.717, 1.165) is 40.2 Å². The van der Waals surface area contributed by atoms with Gasteiger partial charge in [-0.05, 0) is 42.4 Å². The molecule has 0 radical (unpaired) electrons. The fourth-order valence-electron chi connectivity index (χ4n) is 1.68. The molecule has 0 aliphatic heterocycles. The zero-order chi connectivity index (χ0) is 14.5. The average Bonchev–Trinajstić information content (AvgIpc) is 2.42. The van der Waals surface area contributed by atoms with E-state index < -0.39 is 11.6 Å². The first-order valence-electron chi connectivity index (χ1n) is 6.22. The Morgan fingerprint density at radius 3 is 2.65 bits per heavy atom. The number of nitrogens with one attached hydrogen (secondary N) is 1. The van der Waals surface area contributed by atoms with Crippen molar-refractivity contribution >= 4 is 27.7 Å². The molecule has 0 aromatic heterocycles. The van der Waals surface area contributed by atoms with Crippen molar-refractivity contribution in [2.45, 2.75) is 23.3 Å². The van der Waals surface area contributed by atoms with Crippen molar-refractivity contribution in [1.29, 1.82) is 0 Å². The van der Waals surface area contributed by atoms with Crippen LogP contribution in [0.3, 0.4) is 0 Å². The Labute approximate surface area is 129 Å². The van der Waals surface area contributed by atoms with Gasteiger partial charge in [-0.2, -0.15) is 0 Å². The van der Waals surface area contributed by atoms with Gasteiger partial charge in [0.05, 0.1) is 4.90 Å². The molecular formula is C15H14BrF2NS. The summed E-state index contributed by atoms with van der Waals surface area (Å²) in [6.45, 7) is 3.72. The van der Waals surface area contributed by atoms with Gasteiger partial charge in [0.25, 0.3) is 0 Å². The molecule has 1 N–H and O–H groups in total. The second-order valence-corrected chi connectivity index (χ2v) is 6.18. The minimum Gasteiger partial charge on any atom is -0.313 e. The van der Waals surface area contributed by atoms with Crippen LogP contribution in [0, 0.1) is 11.6 Å². The van der Waals surface area contributed by atoms with Crippen molar-refractivity contribution in [3.8, 4) is 0 Å². The molecule has 0 aliphatic rings. The molecule has 0 unspecified atom stereocenters. The Morgan fingerprint density at radius 1 is 1.15 bits per heavy atom. The Kier molecular flexibility index (Phi) is 5.57. The van der Waals surface area contributed by atoms with Crippen LogP contribution in [0.1, 0.15) is 12.5 Å². The van der Waals surface area contributed by atoms with Crippen molar-refractivity contribution in [2.24, 2.45) is 0 Å². The Morgan fingerprint density at radius 2 is 1.95 bits per heavy atom. The summed E-state index contributed by atoms with van der Waals surface area (Å²) in [6, 6.07) is 9.28. The maximum atomic E-state index is 13.6. The molecule has 0 amide bonds. The van der Waals surface area contributed by atoms with Gasteiger partial charge < -0.3 is 5.32 Å². The molecule has 5 heteroatoms. The van der Waals surface area contributed by atoms with E-state index in [0.29, 0.717) is 0 Å². The van der Waals surface area contributed by atoms with Crippen LogP contribution in [-0.4, -0.2) is 6.54 Å². The van der Waals surface area contributed by atoms with Gasteiger partial charge in [0.2, 0.25) is 0 Å². The Bertz CT molecular complexity index is 604. The van der Waals surface area contributed by atoms with Crippen molar-refractivity contribution in [3.05, 3.63) is 58.1 Å². The van der Waals surface area contributed by atoms with Gasteiger partial charge in [-0.1, -0.05) is 40.7 Å². The average molecular weight is 358 g/mol. The highest BCUT2D eigenvalue weighted by atomic mass is 79.9. The molecule has 0 heterocycles. The van der Waals surface area contributed by atoms with Crippen molar-refractivity contribution in [2.75, 3.05) is 6.54 Å². The number of halogens is 3. The highest BCUT2D eigenvalue weighted by Crippen LogP contribution is 2.33. The molecule has 0 fully saturated rings. The van der Waals surface area contributed by atoms with Crippen LogP contribution in [-0.2, 0) is 6.54 Å². The highest BCUT2D eigenvalue weighted by molar-refractivity contribution is 9.10. The van der Waals surface area contributed by atoms with Gasteiger partial charge in [0.1, 0.15) is 11.6 Å². The van der Waals surface area contributed by atoms with Crippen LogP contribution in [0.5, 0.6) is 0 Å². The second-order valence-electron chi connectivity index (χ2n) is 4.21. The summed E-state index contributed by atoms with van der Waals surface area (Å²) in [7, 11) is 0. The van der Waals surface area contributed by atoms with E-state index in [-0.39, 0.29) is 4.90 Å². The number of benzene rings is 2. The van der Waals surface area contributed by atoms with Gasteiger partial charge >= 0.3 is 0 Å². The van der Waals surface area contributed by atoms with E-state index in [1.165, 1.54) is 17.8 Å². The van der Waals surface area contributed by atoms with Crippen LogP contribution in [0.4, 0.5) is 8.78 Å². The minimum absolute atomic E-state index is 0.288. The van der Waals surface area contributed by atoms with Crippen LogP contribution in [0.2, 0.25) is 0 Å². The zero-order valence-electron chi connectivity index (χ0n) is 10.9. The molecule has 2 aromatic rings. The summed E-state index contributed by atoms with van der Waals surface area (Å²) >= 11 is 4.71. The third kappa shape index (κ3) is 4.04. The predicted octanol–water partition coefficient (Wildman–Crippen LogP) is 4.99. The van der Waals surface area contributed by atoms with Gasteiger partial charge in [0.15, 0.2) is 0 Å². The molecule has 2 rings (SSSR count). The zero-order valence-corrected chi connectivity index (χ0v) is 13.3. The van der Waals surface area contributed by atoms with E-state index in [9.17, 15) is 8.78 Å². The maximum absolute atomic E-state index is 13.6. The quantitative estimate of drug-likeness (QED) is 0.808. The topological polar surface area (TPSA) is 12.0 Å². The van der Waals surface area contributed by atoms with Crippen LogP contribution in [0.25, 0.3) is 0 Å². The lowest BCUT2D eigenvalue weighted by atomic mass is 10.2. The predicted molar refractivity (Wildman–Crippen MR) is 82.0 cm³/mol. The molecule has 0 spiro atoms. The van der Waals surface area contributed by atoms with Crippen molar-refractivity contribution in [3.63, 3.8) is 0 Å². The van der Waals surface area contributed by atoms with Crippen molar-refractivity contribution in [1.82, 2.24) is 5.32 Å². The molecule has 0 bridgehead atoms. The fraction of sp³-hybridized carbons (Fsp3) is 0.200. The van der Waals surface area contributed by atoms with E-state index in [2.05, 4.69) is 21.2 Å². The van der Waals surface area contributed by atoms with Gasteiger partial charge in [-0.3, -0.25) is 0 Å². The third-order valence-electron chi connectivity index (χ3n) is 2.71.